The Labute approximate surface area is 210 Å². The molecule has 1 N–H and O–H groups in total. The Morgan fingerprint density at radius 2 is 1.86 bits per heavy atom. The minimum atomic E-state index is -0.545. The van der Waals surface area contributed by atoms with Crippen LogP contribution in [0.3, 0.4) is 0 Å². The van der Waals surface area contributed by atoms with Gasteiger partial charge in [-0.2, -0.15) is 5.10 Å². The summed E-state index contributed by atoms with van der Waals surface area (Å²) in [4.78, 5) is 25.7. The summed E-state index contributed by atoms with van der Waals surface area (Å²) in [7, 11) is 0. The number of nitrogens with zero attached hydrogens (tertiary/aromatic N) is 4. The van der Waals surface area contributed by atoms with Crippen LogP contribution >= 0.6 is 23.4 Å². The zero-order chi connectivity index (χ0) is 25.3. The van der Waals surface area contributed by atoms with Crippen LogP contribution in [0.1, 0.15) is 38.8 Å². The summed E-state index contributed by atoms with van der Waals surface area (Å²) < 4.78 is 6.96. The van der Waals surface area contributed by atoms with Gasteiger partial charge in [0.25, 0.3) is 11.6 Å². The number of amides is 1. The van der Waals surface area contributed by atoms with Crippen molar-refractivity contribution in [2.45, 2.75) is 44.0 Å². The monoisotopic (exact) mass is 511 g/mol. The number of hydrogen-bond acceptors (Lipinski definition) is 7. The Kier molecular flexibility index (Phi) is 6.95. The SMILES string of the molecule is Cc1ccc(Sc2cc(NC(=O)c3noc(C)c3Cn3nc(C)c(Cl)c3C)cc([N+](=O)[O-])c2)cc1. The Bertz CT molecular complexity index is 1430. The number of aromatic nitrogens is 3. The van der Waals surface area contributed by atoms with Crippen LogP contribution in [0.15, 0.2) is 56.8 Å². The first kappa shape index (κ1) is 24.5. The summed E-state index contributed by atoms with van der Waals surface area (Å²) in [5.41, 5.74) is 3.32. The fraction of sp³-hybridized carbons (Fsp3) is 0.208. The van der Waals surface area contributed by atoms with Gasteiger partial charge in [0.05, 0.1) is 27.9 Å². The molecule has 0 spiro atoms. The van der Waals surface area contributed by atoms with Crippen LogP contribution in [0.25, 0.3) is 0 Å². The zero-order valence-corrected chi connectivity index (χ0v) is 21.0. The van der Waals surface area contributed by atoms with Gasteiger partial charge in [0.1, 0.15) is 5.76 Å². The Morgan fingerprint density at radius 1 is 1.14 bits per heavy atom. The zero-order valence-electron chi connectivity index (χ0n) is 19.5. The molecule has 0 bridgehead atoms. The standard InChI is InChI=1S/C24H22ClN5O4S/c1-13-5-7-19(8-6-13)35-20-10-17(9-18(11-20)30(32)33)26-24(31)23-21(16(4)34-28-23)12-29-15(3)22(25)14(2)27-29/h5-11H,12H2,1-4H3,(H,26,31). The van der Waals surface area contributed by atoms with Gasteiger partial charge in [0.15, 0.2) is 5.69 Å². The molecule has 0 unspecified atom stereocenters. The van der Waals surface area contributed by atoms with Crippen molar-refractivity contribution in [1.29, 1.82) is 0 Å². The number of benzene rings is 2. The van der Waals surface area contributed by atoms with Gasteiger partial charge in [0, 0.05) is 33.2 Å². The van der Waals surface area contributed by atoms with Gasteiger partial charge in [-0.25, -0.2) is 0 Å². The van der Waals surface area contributed by atoms with Crippen molar-refractivity contribution in [3.8, 4) is 0 Å². The van der Waals surface area contributed by atoms with Gasteiger partial charge in [0.2, 0.25) is 0 Å². The number of nitro groups is 1. The van der Waals surface area contributed by atoms with E-state index in [1.165, 1.54) is 23.9 Å². The van der Waals surface area contributed by atoms with E-state index in [0.717, 1.165) is 16.2 Å². The van der Waals surface area contributed by atoms with Crippen LogP contribution in [-0.2, 0) is 6.54 Å². The van der Waals surface area contributed by atoms with E-state index in [1.807, 2.05) is 38.1 Å². The van der Waals surface area contributed by atoms with Crippen molar-refractivity contribution in [2.75, 3.05) is 5.32 Å². The second-order valence-electron chi connectivity index (χ2n) is 8.05. The van der Waals surface area contributed by atoms with Crippen molar-refractivity contribution in [2.24, 2.45) is 0 Å². The molecule has 0 aliphatic rings. The summed E-state index contributed by atoms with van der Waals surface area (Å²) in [6, 6.07) is 12.3. The van der Waals surface area contributed by atoms with Crippen LogP contribution in [0.5, 0.6) is 0 Å². The molecule has 9 nitrogen and oxygen atoms in total. The fourth-order valence-corrected chi connectivity index (χ4v) is 4.53. The first-order valence-electron chi connectivity index (χ1n) is 10.6. The number of nitro benzene ring substituents is 1. The molecule has 0 aliphatic heterocycles. The molecule has 0 saturated carbocycles. The highest BCUT2D eigenvalue weighted by molar-refractivity contribution is 7.99. The van der Waals surface area contributed by atoms with Gasteiger partial charge in [-0.15, -0.1) is 0 Å². The molecule has 2 aromatic heterocycles. The quantitative estimate of drug-likeness (QED) is 0.235. The number of nitrogens with one attached hydrogen (secondary N) is 1. The molecule has 4 rings (SSSR count). The van der Waals surface area contributed by atoms with Crippen LogP contribution in [0.4, 0.5) is 11.4 Å². The lowest BCUT2D eigenvalue weighted by Crippen LogP contribution is -2.16. The maximum absolute atomic E-state index is 13.1. The Balaban J connectivity index is 1.61. The molecule has 4 aromatic rings. The third kappa shape index (κ3) is 5.39. The number of non-ortho nitro benzene ring substituents is 1. The first-order valence-corrected chi connectivity index (χ1v) is 11.8. The minimum Gasteiger partial charge on any atom is -0.361 e. The number of carbonyl (C=O) groups excluding carboxylic acids is 1. The summed E-state index contributed by atoms with van der Waals surface area (Å²) in [5, 5.41) is 23.1. The molecule has 0 aliphatic carbocycles. The lowest BCUT2D eigenvalue weighted by Gasteiger charge is -2.09. The Hall–Kier alpha value is -3.63. The minimum absolute atomic E-state index is 0.0745. The summed E-state index contributed by atoms with van der Waals surface area (Å²) in [5.74, 6) is -0.0789. The third-order valence-corrected chi connectivity index (χ3v) is 6.94. The molecule has 0 radical (unpaired) electrons. The lowest BCUT2D eigenvalue weighted by atomic mass is 10.1. The van der Waals surface area contributed by atoms with E-state index in [-0.39, 0.29) is 23.6 Å². The van der Waals surface area contributed by atoms with Crippen molar-refractivity contribution < 1.29 is 14.2 Å². The van der Waals surface area contributed by atoms with Crippen LogP contribution in [-0.4, -0.2) is 25.8 Å². The second kappa shape index (κ2) is 9.93. The number of carbonyl (C=O) groups is 1. The van der Waals surface area contributed by atoms with E-state index in [4.69, 9.17) is 16.1 Å². The number of anilines is 1. The summed E-state index contributed by atoms with van der Waals surface area (Å²) in [6.45, 7) is 7.56. The van der Waals surface area contributed by atoms with Crippen molar-refractivity contribution in [3.05, 3.63) is 91.6 Å². The largest absolute Gasteiger partial charge is 0.361 e. The van der Waals surface area contributed by atoms with E-state index < -0.39 is 10.8 Å². The molecular formula is C24H22ClN5O4S. The van der Waals surface area contributed by atoms with Gasteiger partial charge >= 0.3 is 0 Å². The van der Waals surface area contributed by atoms with E-state index >= 15 is 0 Å². The topological polar surface area (TPSA) is 116 Å². The predicted octanol–water partition coefficient (Wildman–Crippen LogP) is 6.12. The average Bonchev–Trinajstić information content (AvgIpc) is 3.29. The van der Waals surface area contributed by atoms with Crippen molar-refractivity contribution in [1.82, 2.24) is 14.9 Å². The predicted molar refractivity (Wildman–Crippen MR) is 133 cm³/mol. The Morgan fingerprint density at radius 3 is 2.49 bits per heavy atom. The molecular weight excluding hydrogens is 490 g/mol. The molecule has 35 heavy (non-hydrogen) atoms. The maximum Gasteiger partial charge on any atom is 0.278 e. The maximum atomic E-state index is 13.1. The van der Waals surface area contributed by atoms with Gasteiger partial charge in [-0.05, 0) is 45.9 Å². The normalized spacial score (nSPS) is 11.0. The highest BCUT2D eigenvalue weighted by Crippen LogP contribution is 2.33. The molecule has 180 valence electrons. The highest BCUT2D eigenvalue weighted by Gasteiger charge is 2.23. The van der Waals surface area contributed by atoms with E-state index in [1.54, 1.807) is 24.6 Å². The molecule has 2 aromatic carbocycles. The molecule has 1 amide bonds. The van der Waals surface area contributed by atoms with Crippen molar-refractivity contribution >= 4 is 40.6 Å². The highest BCUT2D eigenvalue weighted by atomic mass is 35.5. The molecule has 0 fully saturated rings. The van der Waals surface area contributed by atoms with E-state index in [2.05, 4.69) is 15.6 Å². The van der Waals surface area contributed by atoms with Crippen LogP contribution in [0, 0.1) is 37.8 Å². The molecule has 0 atom stereocenters. The van der Waals surface area contributed by atoms with E-state index in [0.29, 0.717) is 26.9 Å². The van der Waals surface area contributed by atoms with Gasteiger partial charge < -0.3 is 9.84 Å². The number of halogens is 1. The smallest absolute Gasteiger partial charge is 0.278 e. The van der Waals surface area contributed by atoms with E-state index in [9.17, 15) is 14.9 Å². The number of aryl methyl sites for hydroxylation is 3. The van der Waals surface area contributed by atoms with Crippen LogP contribution in [0.2, 0.25) is 5.02 Å². The first-order chi connectivity index (χ1) is 16.6. The average molecular weight is 512 g/mol. The lowest BCUT2D eigenvalue weighted by molar-refractivity contribution is -0.385. The molecule has 11 heteroatoms. The summed E-state index contributed by atoms with van der Waals surface area (Å²) >= 11 is 7.62. The third-order valence-electron chi connectivity index (χ3n) is 5.42. The van der Waals surface area contributed by atoms with Gasteiger partial charge in [-0.3, -0.25) is 19.6 Å². The fourth-order valence-electron chi connectivity index (χ4n) is 3.49. The van der Waals surface area contributed by atoms with Crippen molar-refractivity contribution in [3.63, 3.8) is 0 Å². The van der Waals surface area contributed by atoms with Gasteiger partial charge in [-0.1, -0.05) is 46.2 Å². The molecule has 2 heterocycles. The second-order valence-corrected chi connectivity index (χ2v) is 9.58. The number of rotatable bonds is 7. The summed E-state index contributed by atoms with van der Waals surface area (Å²) in [6.07, 6.45) is 0. The molecule has 0 saturated heterocycles. The number of hydrogen-bond donors (Lipinski definition) is 1. The van der Waals surface area contributed by atoms with Crippen LogP contribution < -0.4 is 5.32 Å².